The Morgan fingerprint density at radius 2 is 1.00 bits per heavy atom. The number of para-hydroxylation sites is 4. The Kier molecular flexibility index (Phi) is 8.38. The number of hydrogen-bond donors (Lipinski definition) is 0. The van der Waals surface area contributed by atoms with Gasteiger partial charge in [-0.1, -0.05) is 145 Å². The van der Waals surface area contributed by atoms with Gasteiger partial charge in [-0.15, -0.1) is 0 Å². The predicted octanol–water partition coefficient (Wildman–Crippen LogP) is 14.2. The molecule has 0 aromatic heterocycles. The van der Waals surface area contributed by atoms with Crippen molar-refractivity contribution in [1.29, 1.82) is 0 Å². The fourth-order valence-electron chi connectivity index (χ4n) is 9.53. The maximum Gasteiger partial charge on any atom is 0.329 e. The van der Waals surface area contributed by atoms with Crippen molar-refractivity contribution in [2.45, 2.75) is 52.4 Å². The van der Waals surface area contributed by atoms with Crippen LogP contribution in [-0.2, 0) is 10.8 Å². The summed E-state index contributed by atoms with van der Waals surface area (Å²) in [5.41, 5.74) is 18.8. The third-order valence-corrected chi connectivity index (χ3v) is 12.7. The lowest BCUT2D eigenvalue weighted by Crippen LogP contribution is -2.58. The molecule has 3 aliphatic heterocycles. The first-order valence-corrected chi connectivity index (χ1v) is 21.5. The Balaban J connectivity index is 1.21. The molecular weight excluding hydrogens is 741 g/mol. The second-order valence-corrected chi connectivity index (χ2v) is 18.7. The van der Waals surface area contributed by atoms with Crippen LogP contribution in [0.4, 0.5) is 45.5 Å². The van der Waals surface area contributed by atoms with E-state index in [-0.39, 0.29) is 17.7 Å². The van der Waals surface area contributed by atoms with Crippen molar-refractivity contribution in [2.75, 3.05) is 14.6 Å². The van der Waals surface area contributed by atoms with Gasteiger partial charge in [0.15, 0.2) is 11.5 Å². The summed E-state index contributed by atoms with van der Waals surface area (Å²) in [6, 6.07) is 66.7. The van der Waals surface area contributed by atoms with E-state index in [2.05, 4.69) is 238 Å². The van der Waals surface area contributed by atoms with Gasteiger partial charge in [0, 0.05) is 16.9 Å². The van der Waals surface area contributed by atoms with Crippen molar-refractivity contribution in [1.82, 2.24) is 0 Å². The van der Waals surface area contributed by atoms with Gasteiger partial charge in [0.25, 0.3) is 0 Å². The molecule has 8 aromatic carbocycles. The molecule has 0 N–H and O–H groups in total. The van der Waals surface area contributed by atoms with Gasteiger partial charge in [-0.3, -0.25) is 0 Å². The molecule has 296 valence electrons. The smallest absolute Gasteiger partial charge is 0.329 e. The van der Waals surface area contributed by atoms with Gasteiger partial charge >= 0.3 is 6.85 Å². The first-order valence-electron chi connectivity index (χ1n) is 21.5. The van der Waals surface area contributed by atoms with E-state index in [0.717, 1.165) is 39.7 Å². The van der Waals surface area contributed by atoms with Gasteiger partial charge in [0.1, 0.15) is 0 Å². The van der Waals surface area contributed by atoms with Gasteiger partial charge in [0.2, 0.25) is 0 Å². The molecule has 61 heavy (non-hydrogen) atoms. The summed E-state index contributed by atoms with van der Waals surface area (Å²) in [7, 11) is 0. The third kappa shape index (κ3) is 6.05. The molecule has 4 nitrogen and oxygen atoms in total. The second-order valence-electron chi connectivity index (χ2n) is 18.7. The largest absolute Gasteiger partial charge is 0.453 e. The van der Waals surface area contributed by atoms with Gasteiger partial charge in [-0.2, -0.15) is 0 Å². The molecule has 3 aliphatic rings. The Labute approximate surface area is 360 Å². The van der Waals surface area contributed by atoms with Crippen LogP contribution in [0, 0.1) is 0 Å². The van der Waals surface area contributed by atoms with Crippen molar-refractivity contribution in [2.24, 2.45) is 0 Å². The minimum absolute atomic E-state index is 0.0471. The molecule has 0 aliphatic carbocycles. The average molecular weight is 790 g/mol. The zero-order valence-corrected chi connectivity index (χ0v) is 35.6. The van der Waals surface area contributed by atoms with Gasteiger partial charge in [-0.05, 0) is 128 Å². The highest BCUT2D eigenvalue weighted by molar-refractivity contribution is 6.91. The minimum atomic E-state index is -0.167. The van der Waals surface area contributed by atoms with E-state index < -0.39 is 0 Å². The lowest BCUT2D eigenvalue weighted by Gasteiger charge is -2.48. The summed E-state index contributed by atoms with van der Waals surface area (Å²) >= 11 is 0. The summed E-state index contributed by atoms with van der Waals surface area (Å²) in [5, 5.41) is 0. The van der Waals surface area contributed by atoms with Gasteiger partial charge < -0.3 is 19.3 Å². The number of hydrogen-bond acceptors (Lipinski definition) is 4. The van der Waals surface area contributed by atoms with Gasteiger partial charge in [-0.25, -0.2) is 0 Å². The second kappa shape index (κ2) is 13.8. The van der Waals surface area contributed by atoms with E-state index in [1.165, 1.54) is 61.6 Å². The Morgan fingerprint density at radius 3 is 1.69 bits per heavy atom. The molecule has 0 saturated carbocycles. The number of nitrogens with zero attached hydrogens (tertiary/aromatic N) is 3. The maximum atomic E-state index is 6.88. The monoisotopic (exact) mass is 789 g/mol. The fraction of sp³-hybridized carbons (Fsp3) is 0.143. The van der Waals surface area contributed by atoms with Crippen LogP contribution in [0.5, 0.6) is 11.5 Å². The number of ether oxygens (including phenoxy) is 1. The van der Waals surface area contributed by atoms with Crippen LogP contribution >= 0.6 is 0 Å². The number of fused-ring (bicyclic) bond motifs is 6. The molecule has 0 saturated heterocycles. The van der Waals surface area contributed by atoms with E-state index in [4.69, 9.17) is 4.74 Å². The van der Waals surface area contributed by atoms with Crippen molar-refractivity contribution >= 4 is 63.3 Å². The first-order chi connectivity index (χ1) is 29.5. The number of benzene rings is 8. The van der Waals surface area contributed by atoms with Crippen LogP contribution in [0.15, 0.2) is 182 Å². The standard InChI is InChI=1S/C56H48BN3O/c1-55(2,3)39-27-30-47-50(34-39)59(43-22-14-9-15-23-43)51-35-40(56(4,5)6)33-45-44-32-38(37-18-10-7-11-19-37)26-29-46(44)57(60(47)54(45)51)41-28-31-49-53(36-41)61-52-25-17-16-24-48(52)58(49)42-20-12-8-13-21-42/h7-36H,1-6H3. The Morgan fingerprint density at radius 1 is 0.410 bits per heavy atom. The SMILES string of the molecule is CC(C)(C)c1ccc2c(c1)N(c1ccccc1)c1cc(C(C)(C)C)cc3c1N2B(c1ccc2c(c1)Oc1ccccc1N2c1ccccc1)c1ccc(-c2ccccc2)cc1-3. The Hall–Kier alpha value is -6.98. The maximum absolute atomic E-state index is 6.88. The molecule has 0 amide bonds. The van der Waals surface area contributed by atoms with Crippen molar-refractivity contribution in [3.05, 3.63) is 193 Å². The summed E-state index contributed by atoms with van der Waals surface area (Å²) in [4.78, 5) is 7.47. The van der Waals surface area contributed by atoms with E-state index >= 15 is 0 Å². The molecule has 0 fully saturated rings. The van der Waals surface area contributed by atoms with E-state index in [0.29, 0.717) is 0 Å². The summed E-state index contributed by atoms with van der Waals surface area (Å²) in [6.45, 7) is 13.7. The first kappa shape index (κ1) is 37.1. The topological polar surface area (TPSA) is 19.0 Å². The molecule has 0 atom stereocenters. The molecule has 0 spiro atoms. The molecule has 0 unspecified atom stereocenters. The highest BCUT2D eigenvalue weighted by Gasteiger charge is 2.45. The lowest BCUT2D eigenvalue weighted by atomic mass is 9.45. The predicted molar refractivity (Wildman–Crippen MR) is 258 cm³/mol. The van der Waals surface area contributed by atoms with E-state index in [1.807, 2.05) is 0 Å². The Bertz CT molecular complexity index is 2990. The van der Waals surface area contributed by atoms with Crippen molar-refractivity contribution in [3.8, 4) is 33.8 Å². The van der Waals surface area contributed by atoms with E-state index in [1.54, 1.807) is 0 Å². The molecule has 0 bridgehead atoms. The highest BCUT2D eigenvalue weighted by atomic mass is 16.5. The van der Waals surface area contributed by atoms with Crippen LogP contribution in [0.1, 0.15) is 52.7 Å². The quantitative estimate of drug-likeness (QED) is 0.165. The van der Waals surface area contributed by atoms with Crippen LogP contribution in [0.3, 0.4) is 0 Å². The summed E-state index contributed by atoms with van der Waals surface area (Å²) in [6.07, 6.45) is 0. The fourth-order valence-corrected chi connectivity index (χ4v) is 9.53. The lowest BCUT2D eigenvalue weighted by molar-refractivity contribution is 0.477. The molecule has 5 heteroatoms. The minimum Gasteiger partial charge on any atom is -0.453 e. The van der Waals surface area contributed by atoms with Crippen LogP contribution in [0.25, 0.3) is 22.3 Å². The molecular formula is C56H48BN3O. The van der Waals surface area contributed by atoms with Crippen molar-refractivity contribution < 1.29 is 4.74 Å². The molecule has 8 aromatic rings. The highest BCUT2D eigenvalue weighted by Crippen LogP contribution is 2.58. The van der Waals surface area contributed by atoms with Crippen LogP contribution in [-0.4, -0.2) is 6.85 Å². The zero-order chi connectivity index (χ0) is 41.6. The van der Waals surface area contributed by atoms with E-state index in [9.17, 15) is 0 Å². The van der Waals surface area contributed by atoms with Crippen LogP contribution in [0.2, 0.25) is 0 Å². The van der Waals surface area contributed by atoms with Gasteiger partial charge in [0.05, 0.1) is 34.1 Å². The molecule has 11 rings (SSSR count). The van der Waals surface area contributed by atoms with Crippen molar-refractivity contribution in [3.63, 3.8) is 0 Å². The number of anilines is 8. The third-order valence-electron chi connectivity index (χ3n) is 12.7. The normalized spacial score (nSPS) is 13.7. The summed E-state index contributed by atoms with van der Waals surface area (Å²) < 4.78 is 6.88. The zero-order valence-electron chi connectivity index (χ0n) is 35.6. The summed E-state index contributed by atoms with van der Waals surface area (Å²) in [5.74, 6) is 1.68. The number of rotatable bonds is 4. The van der Waals surface area contributed by atoms with Crippen LogP contribution < -0.4 is 30.3 Å². The average Bonchev–Trinajstić information content (AvgIpc) is 3.28. The molecule has 0 radical (unpaired) electrons. The molecule has 3 heterocycles.